The van der Waals surface area contributed by atoms with Crippen LogP contribution in [0.25, 0.3) is 6.08 Å². The fraction of sp³-hybridized carbons (Fsp3) is 0.154. The van der Waals surface area contributed by atoms with Crippen LogP contribution in [0.3, 0.4) is 0 Å². The van der Waals surface area contributed by atoms with Gasteiger partial charge in [0.05, 0.1) is 11.1 Å². The van der Waals surface area contributed by atoms with E-state index >= 15 is 0 Å². The molecule has 0 aromatic heterocycles. The van der Waals surface area contributed by atoms with Gasteiger partial charge in [0.15, 0.2) is 11.5 Å². The van der Waals surface area contributed by atoms with Gasteiger partial charge in [-0.1, -0.05) is 48.0 Å². The molecule has 1 amide bonds. The maximum Gasteiger partial charge on any atom is 0.352 e. The van der Waals surface area contributed by atoms with Gasteiger partial charge in [-0.15, -0.1) is 0 Å². The van der Waals surface area contributed by atoms with Crippen molar-refractivity contribution in [1.82, 2.24) is 5.32 Å². The van der Waals surface area contributed by atoms with Gasteiger partial charge in [-0.2, -0.15) is 0 Å². The van der Waals surface area contributed by atoms with E-state index in [9.17, 15) is 14.7 Å². The molecule has 0 spiro atoms. The summed E-state index contributed by atoms with van der Waals surface area (Å²) < 4.78 is 12.3. The van der Waals surface area contributed by atoms with Gasteiger partial charge >= 0.3 is 5.97 Å². The number of hydrogen-bond acceptors (Lipinski definition) is 4. The van der Waals surface area contributed by atoms with Crippen LogP contribution < -0.4 is 14.8 Å². The number of ether oxygens (including phenoxy) is 2. The van der Waals surface area contributed by atoms with E-state index in [1.807, 2.05) is 38.1 Å². The molecule has 0 radical (unpaired) electrons. The number of rotatable bonds is 9. The molecule has 0 heterocycles. The summed E-state index contributed by atoms with van der Waals surface area (Å²) in [6, 6.07) is 19.8. The highest BCUT2D eigenvalue weighted by Gasteiger charge is 2.16. The third-order valence-electron chi connectivity index (χ3n) is 4.66. The Morgan fingerprint density at radius 3 is 2.36 bits per heavy atom. The van der Waals surface area contributed by atoms with Crippen molar-refractivity contribution < 1.29 is 24.2 Å². The van der Waals surface area contributed by atoms with E-state index in [1.165, 1.54) is 11.6 Å². The highest BCUT2D eigenvalue weighted by atomic mass is 79.9. The first-order valence-electron chi connectivity index (χ1n) is 10.3. The number of halogens is 1. The minimum Gasteiger partial charge on any atom is -0.490 e. The molecule has 3 aromatic rings. The zero-order valence-electron chi connectivity index (χ0n) is 18.3. The van der Waals surface area contributed by atoms with Gasteiger partial charge < -0.3 is 19.9 Å². The van der Waals surface area contributed by atoms with Gasteiger partial charge in [0, 0.05) is 5.56 Å². The maximum absolute atomic E-state index is 12.4. The lowest BCUT2D eigenvalue weighted by atomic mass is 10.1. The summed E-state index contributed by atoms with van der Waals surface area (Å²) in [4.78, 5) is 24.2. The summed E-state index contributed by atoms with van der Waals surface area (Å²) in [5.74, 6) is -0.788. The van der Waals surface area contributed by atoms with Crippen LogP contribution >= 0.6 is 15.9 Å². The maximum atomic E-state index is 12.4. The van der Waals surface area contributed by atoms with E-state index in [0.29, 0.717) is 40.3 Å². The van der Waals surface area contributed by atoms with Crippen LogP contribution in [0.5, 0.6) is 11.5 Å². The molecule has 0 fully saturated rings. The smallest absolute Gasteiger partial charge is 0.352 e. The molecule has 6 nitrogen and oxygen atoms in total. The largest absolute Gasteiger partial charge is 0.490 e. The molecular formula is C26H24BrNO5. The van der Waals surface area contributed by atoms with Crippen molar-refractivity contribution in [3.8, 4) is 11.5 Å². The van der Waals surface area contributed by atoms with Gasteiger partial charge in [0.25, 0.3) is 5.91 Å². The van der Waals surface area contributed by atoms with Crippen LogP contribution in [0.2, 0.25) is 0 Å². The van der Waals surface area contributed by atoms with Crippen molar-refractivity contribution in [1.29, 1.82) is 0 Å². The fourth-order valence-electron chi connectivity index (χ4n) is 3.02. The number of carboxylic acids is 1. The lowest BCUT2D eigenvalue weighted by Gasteiger charge is -2.15. The topological polar surface area (TPSA) is 84.9 Å². The average molecular weight is 510 g/mol. The lowest BCUT2D eigenvalue weighted by molar-refractivity contribution is -0.132. The van der Waals surface area contributed by atoms with E-state index in [0.717, 1.165) is 5.56 Å². The van der Waals surface area contributed by atoms with Crippen molar-refractivity contribution in [2.45, 2.75) is 20.5 Å². The lowest BCUT2D eigenvalue weighted by Crippen LogP contribution is -2.27. The van der Waals surface area contributed by atoms with E-state index in [2.05, 4.69) is 21.2 Å². The summed E-state index contributed by atoms with van der Waals surface area (Å²) in [6.45, 7) is 4.62. The Labute approximate surface area is 201 Å². The highest BCUT2D eigenvalue weighted by Crippen LogP contribution is 2.38. The van der Waals surface area contributed by atoms with E-state index in [-0.39, 0.29) is 5.70 Å². The van der Waals surface area contributed by atoms with Gasteiger partial charge in [0.1, 0.15) is 12.3 Å². The highest BCUT2D eigenvalue weighted by molar-refractivity contribution is 9.10. The molecule has 0 atom stereocenters. The monoisotopic (exact) mass is 509 g/mol. The van der Waals surface area contributed by atoms with Crippen LogP contribution in [0.1, 0.15) is 34.0 Å². The van der Waals surface area contributed by atoms with Crippen LogP contribution in [0.4, 0.5) is 0 Å². The summed E-state index contributed by atoms with van der Waals surface area (Å²) in [6.07, 6.45) is 1.38. The summed E-state index contributed by atoms with van der Waals surface area (Å²) in [5.41, 5.74) is 2.81. The number of aryl methyl sites for hydroxylation is 1. The van der Waals surface area contributed by atoms with E-state index in [1.54, 1.807) is 42.5 Å². The number of aliphatic carboxylic acids is 1. The molecule has 0 aliphatic carbocycles. The Morgan fingerprint density at radius 1 is 1.03 bits per heavy atom. The summed E-state index contributed by atoms with van der Waals surface area (Å²) >= 11 is 3.50. The number of carbonyl (C=O) groups excluding carboxylic acids is 1. The molecule has 3 rings (SSSR count). The SMILES string of the molecule is CCOc1cc(/C=C(/NC(=O)c2ccccc2)C(=O)O)cc(Br)c1OCc1ccc(C)cc1. The van der Waals surface area contributed by atoms with Crippen LogP contribution in [0.15, 0.2) is 76.9 Å². The number of nitrogens with one attached hydrogen (secondary N) is 1. The second-order valence-corrected chi connectivity index (χ2v) is 8.07. The van der Waals surface area contributed by atoms with E-state index in [4.69, 9.17) is 9.47 Å². The molecule has 0 saturated heterocycles. The summed E-state index contributed by atoms with van der Waals surface area (Å²) in [7, 11) is 0. The van der Waals surface area contributed by atoms with Crippen molar-refractivity contribution in [2.24, 2.45) is 0 Å². The molecule has 7 heteroatoms. The summed E-state index contributed by atoms with van der Waals surface area (Å²) in [5, 5.41) is 12.1. The van der Waals surface area contributed by atoms with Crippen molar-refractivity contribution in [3.63, 3.8) is 0 Å². The zero-order chi connectivity index (χ0) is 23.8. The molecular weight excluding hydrogens is 486 g/mol. The number of amides is 1. The third kappa shape index (κ3) is 6.70. The van der Waals surface area contributed by atoms with Crippen LogP contribution in [-0.4, -0.2) is 23.6 Å². The Morgan fingerprint density at radius 2 is 1.73 bits per heavy atom. The molecule has 0 aliphatic rings. The number of carbonyl (C=O) groups is 2. The predicted molar refractivity (Wildman–Crippen MR) is 130 cm³/mol. The molecule has 0 saturated carbocycles. The number of hydrogen-bond donors (Lipinski definition) is 2. The van der Waals surface area contributed by atoms with Gasteiger partial charge in [-0.3, -0.25) is 4.79 Å². The molecule has 2 N–H and O–H groups in total. The zero-order valence-corrected chi connectivity index (χ0v) is 19.9. The van der Waals surface area contributed by atoms with Gasteiger partial charge in [-0.25, -0.2) is 4.79 Å². The van der Waals surface area contributed by atoms with Gasteiger partial charge in [0.2, 0.25) is 0 Å². The quantitative estimate of drug-likeness (QED) is 0.367. The standard InChI is InChI=1S/C26H24BrNO5/c1-3-32-23-15-19(13-21(27)24(23)33-16-18-11-9-17(2)10-12-18)14-22(26(30)31)28-25(29)20-7-5-4-6-8-20/h4-15H,3,16H2,1-2H3,(H,28,29)(H,30,31)/b22-14+. The second-order valence-electron chi connectivity index (χ2n) is 7.22. The molecule has 3 aromatic carbocycles. The fourth-order valence-corrected chi connectivity index (χ4v) is 3.59. The molecule has 170 valence electrons. The Balaban J connectivity index is 1.86. The van der Waals surface area contributed by atoms with Crippen molar-refractivity contribution in [3.05, 3.63) is 99.2 Å². The predicted octanol–water partition coefficient (Wildman–Crippen LogP) is 5.59. The first-order chi connectivity index (χ1) is 15.9. The van der Waals surface area contributed by atoms with Crippen molar-refractivity contribution >= 4 is 33.9 Å². The van der Waals surface area contributed by atoms with Gasteiger partial charge in [-0.05, 0) is 71.2 Å². The Hall–Kier alpha value is -3.58. The first-order valence-corrected chi connectivity index (χ1v) is 11.1. The number of benzene rings is 3. The van der Waals surface area contributed by atoms with E-state index < -0.39 is 11.9 Å². The first kappa shape index (κ1) is 24.1. The minimum absolute atomic E-state index is 0.258. The minimum atomic E-state index is -1.26. The molecule has 33 heavy (non-hydrogen) atoms. The average Bonchev–Trinajstić information content (AvgIpc) is 2.80. The second kappa shape index (κ2) is 11.3. The Bertz CT molecular complexity index is 1160. The Kier molecular flexibility index (Phi) is 8.27. The molecule has 0 bridgehead atoms. The number of carboxylic acid groups (broad SMARTS) is 1. The van der Waals surface area contributed by atoms with Crippen LogP contribution in [0, 0.1) is 6.92 Å². The molecule has 0 unspecified atom stereocenters. The van der Waals surface area contributed by atoms with Crippen LogP contribution in [-0.2, 0) is 11.4 Å². The third-order valence-corrected chi connectivity index (χ3v) is 5.25. The normalized spacial score (nSPS) is 11.1. The molecule has 0 aliphatic heterocycles. The van der Waals surface area contributed by atoms with Crippen molar-refractivity contribution in [2.75, 3.05) is 6.61 Å².